The molecule has 0 aliphatic rings. The van der Waals surface area contributed by atoms with E-state index in [0.717, 1.165) is 72.0 Å². The van der Waals surface area contributed by atoms with Crippen molar-refractivity contribution < 1.29 is 0 Å². The number of rotatable bonds is 6. The minimum Gasteiger partial charge on any atom is -0.309 e. The van der Waals surface area contributed by atoms with Crippen LogP contribution in [0.3, 0.4) is 0 Å². The molecule has 0 saturated carbocycles. The molecule has 0 N–H and O–H groups in total. The number of fused-ring (bicyclic) bond motifs is 6. The molecule has 0 unspecified atom stereocenters. The third kappa shape index (κ3) is 6.67. The topological polar surface area (TPSA) is 57.4 Å². The summed E-state index contributed by atoms with van der Waals surface area (Å²) in [5, 5.41) is 24.9. The summed E-state index contributed by atoms with van der Waals surface area (Å²) in [7, 11) is 0. The molecule has 0 bridgehead atoms. The molecule has 0 atom stereocenters. The molecule has 0 aliphatic carbocycles. The maximum atomic E-state index is 10.5. The zero-order valence-electron chi connectivity index (χ0n) is 37.0. The highest BCUT2D eigenvalue weighted by atomic mass is 15.0. The first kappa shape index (κ1) is 39.4. The largest absolute Gasteiger partial charge is 0.309 e. The predicted octanol–water partition coefficient (Wildman–Crippen LogP) is 15.8. The van der Waals surface area contributed by atoms with E-state index >= 15 is 0 Å². The van der Waals surface area contributed by atoms with E-state index in [0.29, 0.717) is 11.1 Å². The SMILES string of the molecule is Cc1cc(C)cc(-c2ccc3c(c2)c2ccccc2n3-c2cc(C#N)ccc2-c2ccc(-c3ccc(C#N)cc3C)cc2-n2c3ccccc3c3cc(-c4cc(C)cc(C)c4)ccc32)c1. The van der Waals surface area contributed by atoms with E-state index in [4.69, 9.17) is 0 Å². The zero-order valence-corrected chi connectivity index (χ0v) is 37.0. The summed E-state index contributed by atoms with van der Waals surface area (Å²) in [6.45, 7) is 10.7. The second-order valence-electron chi connectivity index (χ2n) is 17.6. The molecule has 4 heteroatoms. The van der Waals surface area contributed by atoms with Gasteiger partial charge in [-0.3, -0.25) is 0 Å². The number of benzene rings is 9. The maximum Gasteiger partial charge on any atom is 0.0992 e. The molecule has 65 heavy (non-hydrogen) atoms. The van der Waals surface area contributed by atoms with Crippen LogP contribution in [0.4, 0.5) is 0 Å². The quantitative estimate of drug-likeness (QED) is 0.168. The number of hydrogen-bond acceptors (Lipinski definition) is 2. The molecule has 2 aromatic heterocycles. The smallest absolute Gasteiger partial charge is 0.0992 e. The average molecular weight is 833 g/mol. The van der Waals surface area contributed by atoms with Crippen LogP contribution in [0.15, 0.2) is 176 Å². The zero-order chi connectivity index (χ0) is 44.5. The van der Waals surface area contributed by atoms with Gasteiger partial charge in [-0.1, -0.05) is 131 Å². The Morgan fingerprint density at radius 3 is 1.23 bits per heavy atom. The van der Waals surface area contributed by atoms with Crippen LogP contribution in [0.1, 0.15) is 38.9 Å². The molecule has 0 aliphatic heterocycles. The lowest BCUT2D eigenvalue weighted by molar-refractivity contribution is 1.16. The molecule has 308 valence electrons. The molecule has 2 heterocycles. The lowest BCUT2D eigenvalue weighted by Gasteiger charge is -2.20. The van der Waals surface area contributed by atoms with Crippen molar-refractivity contribution in [3.05, 3.63) is 215 Å². The Balaban J connectivity index is 1.20. The lowest BCUT2D eigenvalue weighted by atomic mass is 9.93. The number of para-hydroxylation sites is 2. The number of hydrogen-bond donors (Lipinski definition) is 0. The van der Waals surface area contributed by atoms with Crippen molar-refractivity contribution in [2.45, 2.75) is 34.6 Å². The van der Waals surface area contributed by atoms with Crippen molar-refractivity contribution in [2.75, 3.05) is 0 Å². The Bertz CT molecular complexity index is 3820. The van der Waals surface area contributed by atoms with Crippen molar-refractivity contribution in [3.8, 4) is 68.0 Å². The minimum absolute atomic E-state index is 0.587. The van der Waals surface area contributed by atoms with Gasteiger partial charge in [0, 0.05) is 32.7 Å². The summed E-state index contributed by atoms with van der Waals surface area (Å²) in [5.74, 6) is 0. The van der Waals surface area contributed by atoms with Gasteiger partial charge in [-0.15, -0.1) is 0 Å². The van der Waals surface area contributed by atoms with Gasteiger partial charge in [-0.05, 0) is 140 Å². The first-order valence-corrected chi connectivity index (χ1v) is 22.1. The first-order chi connectivity index (χ1) is 31.6. The van der Waals surface area contributed by atoms with Gasteiger partial charge in [0.15, 0.2) is 0 Å². The maximum absolute atomic E-state index is 10.5. The Morgan fingerprint density at radius 1 is 0.323 bits per heavy atom. The molecule has 0 radical (unpaired) electrons. The summed E-state index contributed by atoms with van der Waals surface area (Å²) >= 11 is 0. The lowest BCUT2D eigenvalue weighted by Crippen LogP contribution is -2.03. The van der Waals surface area contributed by atoms with E-state index in [2.05, 4.69) is 208 Å². The molecule has 11 aromatic rings. The molecule has 9 aromatic carbocycles. The number of nitriles is 2. The van der Waals surface area contributed by atoms with Gasteiger partial charge in [0.25, 0.3) is 0 Å². The van der Waals surface area contributed by atoms with Crippen LogP contribution in [0.25, 0.3) is 99.5 Å². The summed E-state index contributed by atoms with van der Waals surface area (Å²) in [5.41, 5.74) is 22.4. The summed E-state index contributed by atoms with van der Waals surface area (Å²) in [4.78, 5) is 0. The summed E-state index contributed by atoms with van der Waals surface area (Å²) < 4.78 is 4.76. The molecule has 0 saturated heterocycles. The van der Waals surface area contributed by atoms with Crippen LogP contribution in [0, 0.1) is 57.3 Å². The van der Waals surface area contributed by atoms with E-state index < -0.39 is 0 Å². The predicted molar refractivity (Wildman–Crippen MR) is 270 cm³/mol. The second kappa shape index (κ2) is 15.4. The second-order valence-corrected chi connectivity index (χ2v) is 17.6. The Morgan fingerprint density at radius 2 is 0.738 bits per heavy atom. The summed E-state index contributed by atoms with van der Waals surface area (Å²) in [6.07, 6.45) is 0. The normalized spacial score (nSPS) is 11.4. The molecule has 0 amide bonds. The van der Waals surface area contributed by atoms with Crippen molar-refractivity contribution in [1.82, 2.24) is 9.13 Å². The fraction of sp³-hybridized carbons (Fsp3) is 0.0820. The van der Waals surface area contributed by atoms with Crippen LogP contribution in [0.5, 0.6) is 0 Å². The van der Waals surface area contributed by atoms with E-state index in [9.17, 15) is 10.5 Å². The van der Waals surface area contributed by atoms with Crippen LogP contribution >= 0.6 is 0 Å². The van der Waals surface area contributed by atoms with Crippen molar-refractivity contribution in [2.24, 2.45) is 0 Å². The highest BCUT2D eigenvalue weighted by molar-refractivity contribution is 6.13. The Labute approximate surface area is 379 Å². The van der Waals surface area contributed by atoms with Crippen LogP contribution in [-0.4, -0.2) is 9.13 Å². The monoisotopic (exact) mass is 832 g/mol. The first-order valence-electron chi connectivity index (χ1n) is 22.1. The third-order valence-corrected chi connectivity index (χ3v) is 13.0. The summed E-state index contributed by atoms with van der Waals surface area (Å²) in [6, 6.07) is 68.0. The van der Waals surface area contributed by atoms with E-state index in [-0.39, 0.29) is 0 Å². The van der Waals surface area contributed by atoms with Gasteiger partial charge in [-0.25, -0.2) is 0 Å². The third-order valence-electron chi connectivity index (χ3n) is 13.0. The fourth-order valence-electron chi connectivity index (χ4n) is 10.3. The molecule has 11 rings (SSSR count). The van der Waals surface area contributed by atoms with Crippen LogP contribution in [0.2, 0.25) is 0 Å². The number of aromatic nitrogens is 2. The highest BCUT2D eigenvalue weighted by Gasteiger charge is 2.23. The Kier molecular flexibility index (Phi) is 9.35. The van der Waals surface area contributed by atoms with Crippen molar-refractivity contribution in [3.63, 3.8) is 0 Å². The van der Waals surface area contributed by atoms with Gasteiger partial charge >= 0.3 is 0 Å². The van der Waals surface area contributed by atoms with Gasteiger partial charge in [0.05, 0.1) is 56.7 Å². The highest BCUT2D eigenvalue weighted by Crippen LogP contribution is 2.44. The van der Waals surface area contributed by atoms with Crippen molar-refractivity contribution >= 4 is 43.6 Å². The van der Waals surface area contributed by atoms with Gasteiger partial charge in [0.2, 0.25) is 0 Å². The van der Waals surface area contributed by atoms with E-state index in [1.165, 1.54) is 55.3 Å². The average Bonchev–Trinajstić information content (AvgIpc) is 3.82. The van der Waals surface area contributed by atoms with Crippen molar-refractivity contribution in [1.29, 1.82) is 10.5 Å². The fourth-order valence-corrected chi connectivity index (χ4v) is 10.3. The van der Waals surface area contributed by atoms with Crippen LogP contribution < -0.4 is 0 Å². The standard InChI is InChI=1S/C61H44N4/c1-37-24-38(2)27-47(26-37)44-17-22-58-54(32-44)50-10-6-8-12-56(50)64(58)60-31-43(36-63)15-20-52(60)53-21-16-46(49-19-14-42(35-62)30-41(49)5)34-61(53)65-57-13-9-7-11-51(57)55-33-45(18-23-59(55)65)48-28-39(3)25-40(4)29-48/h6-34H,1-5H3. The number of nitrogens with zero attached hydrogens (tertiary/aromatic N) is 4. The molecule has 4 nitrogen and oxygen atoms in total. The van der Waals surface area contributed by atoms with Gasteiger partial charge in [-0.2, -0.15) is 10.5 Å². The minimum atomic E-state index is 0.587. The van der Waals surface area contributed by atoms with Gasteiger partial charge in [0.1, 0.15) is 0 Å². The molecular formula is C61H44N4. The number of aryl methyl sites for hydroxylation is 5. The Hall–Kier alpha value is -8.44. The molecule has 0 fully saturated rings. The van der Waals surface area contributed by atoms with Crippen LogP contribution in [-0.2, 0) is 0 Å². The van der Waals surface area contributed by atoms with E-state index in [1.54, 1.807) is 0 Å². The van der Waals surface area contributed by atoms with Gasteiger partial charge < -0.3 is 9.13 Å². The van der Waals surface area contributed by atoms with E-state index in [1.807, 2.05) is 24.3 Å². The molecule has 0 spiro atoms. The molecular weight excluding hydrogens is 789 g/mol.